The number of ketones is 2. The highest BCUT2D eigenvalue weighted by Gasteiger charge is 2.37. The second-order valence-corrected chi connectivity index (χ2v) is 7.26. The first-order valence-corrected chi connectivity index (χ1v) is 9.34. The molecule has 2 aromatic rings. The number of aliphatic carboxylic acids is 1. The normalized spacial score (nSPS) is 20.9. The third-order valence-corrected chi connectivity index (χ3v) is 5.63. The molecular formula is C22H19NO5. The Morgan fingerprint density at radius 3 is 2.11 bits per heavy atom. The van der Waals surface area contributed by atoms with Gasteiger partial charge in [0.1, 0.15) is 0 Å². The molecule has 142 valence electrons. The molecule has 28 heavy (non-hydrogen) atoms. The number of hydrogen-bond acceptors (Lipinski definition) is 4. The van der Waals surface area contributed by atoms with Gasteiger partial charge in [-0.05, 0) is 18.9 Å². The minimum Gasteiger partial charge on any atom is -0.481 e. The van der Waals surface area contributed by atoms with Crippen LogP contribution in [0, 0.1) is 11.8 Å². The number of carboxylic acids is 1. The molecule has 0 radical (unpaired) electrons. The molecule has 1 amide bonds. The van der Waals surface area contributed by atoms with Crippen molar-refractivity contribution in [2.75, 3.05) is 5.32 Å². The number of carbonyl (C=O) groups is 4. The fourth-order valence-corrected chi connectivity index (χ4v) is 4.21. The minimum atomic E-state index is -0.977. The SMILES string of the molecule is O=C1c2ccccc2C(=O)c2c(NC(=O)C3CCCCC3C(=O)O)cccc21. The molecule has 2 unspecified atom stereocenters. The Morgan fingerprint density at radius 1 is 0.821 bits per heavy atom. The molecule has 1 fully saturated rings. The summed E-state index contributed by atoms with van der Waals surface area (Å²) in [7, 11) is 0. The van der Waals surface area contributed by atoms with Crippen LogP contribution in [0.2, 0.25) is 0 Å². The zero-order valence-electron chi connectivity index (χ0n) is 15.1. The van der Waals surface area contributed by atoms with Crippen LogP contribution in [-0.4, -0.2) is 28.5 Å². The largest absolute Gasteiger partial charge is 0.481 e. The topological polar surface area (TPSA) is 101 Å². The van der Waals surface area contributed by atoms with Gasteiger partial charge in [0.05, 0.1) is 23.1 Å². The van der Waals surface area contributed by atoms with Gasteiger partial charge in [0.2, 0.25) is 5.91 Å². The molecule has 1 saturated carbocycles. The molecule has 0 bridgehead atoms. The van der Waals surface area contributed by atoms with Crippen molar-refractivity contribution in [2.24, 2.45) is 11.8 Å². The van der Waals surface area contributed by atoms with E-state index in [4.69, 9.17) is 0 Å². The van der Waals surface area contributed by atoms with E-state index in [1.54, 1.807) is 42.5 Å². The van der Waals surface area contributed by atoms with Crippen molar-refractivity contribution in [3.8, 4) is 0 Å². The van der Waals surface area contributed by atoms with Gasteiger partial charge in [0.15, 0.2) is 11.6 Å². The molecular weight excluding hydrogens is 358 g/mol. The summed E-state index contributed by atoms with van der Waals surface area (Å²) in [4.78, 5) is 50.1. The summed E-state index contributed by atoms with van der Waals surface area (Å²) in [6.45, 7) is 0. The van der Waals surface area contributed by atoms with Gasteiger partial charge in [-0.3, -0.25) is 19.2 Å². The first-order chi connectivity index (χ1) is 13.5. The van der Waals surface area contributed by atoms with E-state index in [9.17, 15) is 24.3 Å². The molecule has 0 heterocycles. The number of benzene rings is 2. The summed E-state index contributed by atoms with van der Waals surface area (Å²) >= 11 is 0. The lowest BCUT2D eigenvalue weighted by Crippen LogP contribution is -2.36. The smallest absolute Gasteiger partial charge is 0.307 e. The number of amides is 1. The van der Waals surface area contributed by atoms with Crippen molar-refractivity contribution in [1.82, 2.24) is 0 Å². The van der Waals surface area contributed by atoms with Gasteiger partial charge in [-0.2, -0.15) is 0 Å². The molecule has 0 saturated heterocycles. The fraction of sp³-hybridized carbons (Fsp3) is 0.273. The molecule has 2 aliphatic carbocycles. The molecule has 6 heteroatoms. The number of fused-ring (bicyclic) bond motifs is 2. The van der Waals surface area contributed by atoms with E-state index in [1.165, 1.54) is 0 Å². The molecule has 2 aromatic carbocycles. The molecule has 2 atom stereocenters. The number of carboxylic acid groups (broad SMARTS) is 1. The van der Waals surface area contributed by atoms with Crippen molar-refractivity contribution < 1.29 is 24.3 Å². The van der Waals surface area contributed by atoms with Crippen molar-refractivity contribution in [3.05, 3.63) is 64.7 Å². The summed E-state index contributed by atoms with van der Waals surface area (Å²) in [5, 5.41) is 12.2. The molecule has 0 spiro atoms. The number of carbonyl (C=O) groups excluding carboxylic acids is 3. The maximum Gasteiger partial charge on any atom is 0.307 e. The minimum absolute atomic E-state index is 0.169. The molecule has 2 aliphatic rings. The third-order valence-electron chi connectivity index (χ3n) is 5.63. The molecule has 4 rings (SSSR count). The lowest BCUT2D eigenvalue weighted by atomic mass is 9.78. The maximum absolute atomic E-state index is 13.0. The number of anilines is 1. The van der Waals surface area contributed by atoms with Crippen LogP contribution in [0.4, 0.5) is 5.69 Å². The molecule has 2 N–H and O–H groups in total. The lowest BCUT2D eigenvalue weighted by Gasteiger charge is -2.28. The average Bonchev–Trinajstić information content (AvgIpc) is 2.72. The van der Waals surface area contributed by atoms with Gasteiger partial charge in [-0.15, -0.1) is 0 Å². The van der Waals surface area contributed by atoms with E-state index in [0.29, 0.717) is 24.0 Å². The Kier molecular flexibility index (Phi) is 4.55. The quantitative estimate of drug-likeness (QED) is 0.729. The van der Waals surface area contributed by atoms with Gasteiger partial charge in [0, 0.05) is 16.7 Å². The van der Waals surface area contributed by atoms with E-state index >= 15 is 0 Å². The van der Waals surface area contributed by atoms with Gasteiger partial charge in [0.25, 0.3) is 0 Å². The molecule has 0 aliphatic heterocycles. The van der Waals surface area contributed by atoms with Crippen LogP contribution in [0.1, 0.15) is 57.5 Å². The highest BCUT2D eigenvalue weighted by Crippen LogP contribution is 2.34. The van der Waals surface area contributed by atoms with Crippen LogP contribution in [0.15, 0.2) is 42.5 Å². The Bertz CT molecular complexity index is 1010. The lowest BCUT2D eigenvalue weighted by molar-refractivity contribution is -0.147. The summed E-state index contributed by atoms with van der Waals surface area (Å²) in [6.07, 6.45) is 2.53. The van der Waals surface area contributed by atoms with Gasteiger partial charge in [-0.1, -0.05) is 49.2 Å². The summed E-state index contributed by atoms with van der Waals surface area (Å²) < 4.78 is 0. The predicted octanol–water partition coefficient (Wildman–Crippen LogP) is 3.29. The van der Waals surface area contributed by atoms with Crippen LogP contribution in [-0.2, 0) is 9.59 Å². The number of rotatable bonds is 3. The first-order valence-electron chi connectivity index (χ1n) is 9.34. The maximum atomic E-state index is 13.0. The van der Waals surface area contributed by atoms with Crippen molar-refractivity contribution in [2.45, 2.75) is 25.7 Å². The monoisotopic (exact) mass is 377 g/mol. The van der Waals surface area contributed by atoms with Crippen LogP contribution in [0.3, 0.4) is 0 Å². The summed E-state index contributed by atoms with van der Waals surface area (Å²) in [5.41, 5.74) is 1.33. The van der Waals surface area contributed by atoms with Crippen LogP contribution in [0.25, 0.3) is 0 Å². The molecule has 0 aromatic heterocycles. The van der Waals surface area contributed by atoms with Crippen molar-refractivity contribution >= 4 is 29.1 Å². The highest BCUT2D eigenvalue weighted by atomic mass is 16.4. The zero-order chi connectivity index (χ0) is 19.8. The van der Waals surface area contributed by atoms with Crippen LogP contribution < -0.4 is 5.32 Å². The Morgan fingerprint density at radius 2 is 1.43 bits per heavy atom. The Hall–Kier alpha value is -3.28. The van der Waals surface area contributed by atoms with Gasteiger partial charge >= 0.3 is 5.97 Å². The third kappa shape index (κ3) is 2.91. The van der Waals surface area contributed by atoms with E-state index < -0.39 is 23.7 Å². The van der Waals surface area contributed by atoms with Crippen molar-refractivity contribution in [3.63, 3.8) is 0 Å². The standard InChI is InChI=1S/C22H19NO5/c24-19-12-6-1-2-7-13(12)20(25)18-16(19)10-5-11-17(18)23-21(26)14-8-3-4-9-15(14)22(27)28/h1-2,5-7,10-11,14-15H,3-4,8-9H2,(H,23,26)(H,27,28). The predicted molar refractivity (Wildman–Crippen MR) is 101 cm³/mol. The highest BCUT2D eigenvalue weighted by molar-refractivity contribution is 6.30. The first kappa shape index (κ1) is 18.1. The second kappa shape index (κ2) is 7.03. The fourth-order valence-electron chi connectivity index (χ4n) is 4.21. The van der Waals surface area contributed by atoms with Crippen LogP contribution >= 0.6 is 0 Å². The van der Waals surface area contributed by atoms with E-state index in [-0.39, 0.29) is 28.4 Å². The Balaban J connectivity index is 1.69. The second-order valence-electron chi connectivity index (χ2n) is 7.26. The van der Waals surface area contributed by atoms with E-state index in [0.717, 1.165) is 12.8 Å². The van der Waals surface area contributed by atoms with E-state index in [1.807, 2.05) is 0 Å². The molecule has 6 nitrogen and oxygen atoms in total. The van der Waals surface area contributed by atoms with Gasteiger partial charge < -0.3 is 10.4 Å². The zero-order valence-corrected chi connectivity index (χ0v) is 15.1. The van der Waals surface area contributed by atoms with Crippen molar-refractivity contribution in [1.29, 1.82) is 0 Å². The summed E-state index contributed by atoms with van der Waals surface area (Å²) in [5.74, 6) is -3.35. The number of nitrogens with one attached hydrogen (secondary N) is 1. The Labute approximate surface area is 161 Å². The number of hydrogen-bond donors (Lipinski definition) is 2. The van der Waals surface area contributed by atoms with E-state index in [2.05, 4.69) is 5.32 Å². The van der Waals surface area contributed by atoms with Crippen LogP contribution in [0.5, 0.6) is 0 Å². The summed E-state index contributed by atoms with van der Waals surface area (Å²) in [6, 6.07) is 11.4. The van der Waals surface area contributed by atoms with Gasteiger partial charge in [-0.25, -0.2) is 0 Å². The average molecular weight is 377 g/mol.